The van der Waals surface area contributed by atoms with Gasteiger partial charge in [0.2, 0.25) is 0 Å². The molecular formula is C18H19F3N4O2. The molecule has 3 rings (SSSR count). The molecule has 0 aliphatic carbocycles. The van der Waals surface area contributed by atoms with Gasteiger partial charge < -0.3 is 10.1 Å². The van der Waals surface area contributed by atoms with Crippen LogP contribution in [0.2, 0.25) is 0 Å². The highest BCUT2D eigenvalue weighted by Gasteiger charge is 2.30. The molecule has 1 unspecified atom stereocenters. The monoisotopic (exact) mass is 380 g/mol. The minimum atomic E-state index is -4.40. The van der Waals surface area contributed by atoms with E-state index in [-0.39, 0.29) is 17.7 Å². The Hall–Kier alpha value is -2.68. The summed E-state index contributed by atoms with van der Waals surface area (Å²) in [5.74, 6) is 0.0141. The third-order valence-corrected chi connectivity index (χ3v) is 4.53. The second-order valence-electron chi connectivity index (χ2n) is 6.55. The van der Waals surface area contributed by atoms with Crippen LogP contribution < -0.4 is 5.56 Å². The van der Waals surface area contributed by atoms with Crippen molar-refractivity contribution in [1.29, 1.82) is 0 Å². The number of nitrogens with one attached hydrogen (secondary N) is 1. The number of rotatable bonds is 4. The highest BCUT2D eigenvalue weighted by Crippen LogP contribution is 2.33. The maximum absolute atomic E-state index is 12.8. The lowest BCUT2D eigenvalue weighted by molar-refractivity contribution is -0.137. The summed E-state index contributed by atoms with van der Waals surface area (Å²) in [5.41, 5.74) is 0.592. The van der Waals surface area contributed by atoms with Crippen molar-refractivity contribution in [3.8, 4) is 0 Å². The normalized spacial score (nSPS) is 14.5. The molecule has 2 N–H and O–H groups in total. The number of aliphatic hydroxyl groups excluding tert-OH is 1. The Bertz CT molecular complexity index is 1020. The number of hydrogen-bond donors (Lipinski definition) is 2. The Morgan fingerprint density at radius 2 is 1.85 bits per heavy atom. The van der Waals surface area contributed by atoms with Crippen LogP contribution in [-0.4, -0.2) is 31.5 Å². The fourth-order valence-electron chi connectivity index (χ4n) is 2.99. The van der Waals surface area contributed by atoms with Crippen LogP contribution >= 0.6 is 0 Å². The van der Waals surface area contributed by atoms with Crippen LogP contribution in [0.1, 0.15) is 48.5 Å². The molecule has 0 saturated carbocycles. The predicted octanol–water partition coefficient (Wildman–Crippen LogP) is 3.15. The van der Waals surface area contributed by atoms with Crippen LogP contribution in [-0.2, 0) is 6.18 Å². The van der Waals surface area contributed by atoms with E-state index < -0.39 is 23.7 Å². The summed E-state index contributed by atoms with van der Waals surface area (Å²) in [7, 11) is 0. The first-order chi connectivity index (χ1) is 12.6. The highest BCUT2D eigenvalue weighted by atomic mass is 19.4. The van der Waals surface area contributed by atoms with Crippen molar-refractivity contribution < 1.29 is 18.3 Å². The van der Waals surface area contributed by atoms with E-state index in [0.29, 0.717) is 22.6 Å². The van der Waals surface area contributed by atoms with Crippen LogP contribution in [0.25, 0.3) is 11.0 Å². The number of hydrogen-bond acceptors (Lipinski definition) is 4. The summed E-state index contributed by atoms with van der Waals surface area (Å²) in [5, 5.41) is 13.9. The second kappa shape index (κ2) is 6.80. The SMILES string of the molecule is Cc1nc2c([C@@H](C)c3ccc(C(F)(F)F)cc3)nn(C(C)CO)c2c(=O)[nH]1. The molecule has 0 bridgehead atoms. The zero-order valence-corrected chi connectivity index (χ0v) is 15.0. The molecular weight excluding hydrogens is 361 g/mol. The molecule has 27 heavy (non-hydrogen) atoms. The van der Waals surface area contributed by atoms with Gasteiger partial charge in [-0.25, -0.2) is 4.98 Å². The Morgan fingerprint density at radius 1 is 1.22 bits per heavy atom. The lowest BCUT2D eigenvalue weighted by Gasteiger charge is -2.12. The second-order valence-corrected chi connectivity index (χ2v) is 6.55. The first kappa shape index (κ1) is 19.1. The number of nitrogens with zero attached hydrogens (tertiary/aromatic N) is 3. The first-order valence-corrected chi connectivity index (χ1v) is 8.40. The molecule has 2 heterocycles. The molecule has 0 fully saturated rings. The number of H-pyrrole nitrogens is 1. The fraction of sp³-hybridized carbons (Fsp3) is 0.389. The third kappa shape index (κ3) is 3.46. The summed E-state index contributed by atoms with van der Waals surface area (Å²) >= 11 is 0. The minimum absolute atomic E-state index is 0.224. The summed E-state index contributed by atoms with van der Waals surface area (Å²) < 4.78 is 39.8. The molecule has 0 spiro atoms. The Kier molecular flexibility index (Phi) is 4.81. The molecule has 3 aromatic rings. The predicted molar refractivity (Wildman–Crippen MR) is 93.6 cm³/mol. The molecule has 2 aromatic heterocycles. The number of halogens is 3. The average molecular weight is 380 g/mol. The smallest absolute Gasteiger partial charge is 0.394 e. The molecule has 0 aliphatic heterocycles. The molecule has 9 heteroatoms. The van der Waals surface area contributed by atoms with Gasteiger partial charge in [-0.05, 0) is 31.5 Å². The number of aryl methyl sites for hydroxylation is 1. The molecule has 0 amide bonds. The van der Waals surface area contributed by atoms with E-state index >= 15 is 0 Å². The van der Waals surface area contributed by atoms with Gasteiger partial charge in [0.25, 0.3) is 5.56 Å². The highest BCUT2D eigenvalue weighted by molar-refractivity contribution is 5.78. The standard InChI is InChI=1S/C18H19F3N4O2/c1-9(8-26)25-16-15(22-11(3)23-17(16)27)14(24-25)10(2)12-4-6-13(7-5-12)18(19,20)21/h4-7,9-10,26H,8H2,1-3H3,(H,22,23,27)/t9?,10-/m0/s1. The van der Waals surface area contributed by atoms with Gasteiger partial charge in [-0.2, -0.15) is 18.3 Å². The van der Waals surface area contributed by atoms with Crippen molar-refractivity contribution in [3.63, 3.8) is 0 Å². The van der Waals surface area contributed by atoms with Crippen LogP contribution in [0.3, 0.4) is 0 Å². The zero-order valence-electron chi connectivity index (χ0n) is 15.0. The number of alkyl halides is 3. The fourth-order valence-corrected chi connectivity index (χ4v) is 2.99. The summed E-state index contributed by atoms with van der Waals surface area (Å²) in [6.45, 7) is 4.91. The number of aromatic nitrogens is 4. The van der Waals surface area contributed by atoms with Gasteiger partial charge in [0.1, 0.15) is 11.3 Å². The Balaban J connectivity index is 2.14. The van der Waals surface area contributed by atoms with Crippen molar-refractivity contribution >= 4 is 11.0 Å². The van der Waals surface area contributed by atoms with E-state index in [1.165, 1.54) is 16.8 Å². The van der Waals surface area contributed by atoms with E-state index in [0.717, 1.165) is 12.1 Å². The average Bonchev–Trinajstić information content (AvgIpc) is 2.99. The molecule has 0 radical (unpaired) electrons. The van der Waals surface area contributed by atoms with Gasteiger partial charge in [-0.1, -0.05) is 19.1 Å². The van der Waals surface area contributed by atoms with Crippen molar-refractivity contribution in [3.05, 3.63) is 57.3 Å². The van der Waals surface area contributed by atoms with E-state index in [2.05, 4.69) is 15.1 Å². The van der Waals surface area contributed by atoms with Gasteiger partial charge in [0.05, 0.1) is 23.9 Å². The lowest BCUT2D eigenvalue weighted by atomic mass is 9.96. The van der Waals surface area contributed by atoms with Gasteiger partial charge in [-0.3, -0.25) is 9.48 Å². The number of aliphatic hydroxyl groups is 1. The number of aromatic amines is 1. The minimum Gasteiger partial charge on any atom is -0.394 e. The maximum atomic E-state index is 12.8. The summed E-state index contributed by atoms with van der Waals surface area (Å²) in [4.78, 5) is 19.4. The molecule has 1 aromatic carbocycles. The molecule has 6 nitrogen and oxygen atoms in total. The number of benzene rings is 1. The van der Waals surface area contributed by atoms with Crippen LogP contribution in [0.4, 0.5) is 13.2 Å². The van der Waals surface area contributed by atoms with Gasteiger partial charge in [0, 0.05) is 5.92 Å². The van der Waals surface area contributed by atoms with Crippen molar-refractivity contribution in [2.24, 2.45) is 0 Å². The van der Waals surface area contributed by atoms with E-state index in [1.807, 2.05) is 0 Å². The molecule has 0 aliphatic rings. The van der Waals surface area contributed by atoms with Gasteiger partial charge in [-0.15, -0.1) is 0 Å². The van der Waals surface area contributed by atoms with Gasteiger partial charge >= 0.3 is 6.18 Å². The largest absolute Gasteiger partial charge is 0.416 e. The quantitative estimate of drug-likeness (QED) is 0.728. The third-order valence-electron chi connectivity index (χ3n) is 4.53. The summed E-state index contributed by atoms with van der Waals surface area (Å²) in [6, 6.07) is 4.38. The topological polar surface area (TPSA) is 83.8 Å². The Morgan fingerprint density at radius 3 is 2.41 bits per heavy atom. The van der Waals surface area contributed by atoms with Crippen molar-refractivity contribution in [2.75, 3.05) is 6.61 Å². The van der Waals surface area contributed by atoms with Crippen molar-refractivity contribution in [2.45, 2.75) is 38.9 Å². The van der Waals surface area contributed by atoms with Crippen LogP contribution in [0, 0.1) is 6.92 Å². The lowest BCUT2D eigenvalue weighted by Crippen LogP contribution is -2.18. The number of fused-ring (bicyclic) bond motifs is 1. The first-order valence-electron chi connectivity index (χ1n) is 8.40. The van der Waals surface area contributed by atoms with E-state index in [4.69, 9.17) is 0 Å². The van der Waals surface area contributed by atoms with Crippen LogP contribution in [0.15, 0.2) is 29.1 Å². The van der Waals surface area contributed by atoms with E-state index in [1.54, 1.807) is 20.8 Å². The van der Waals surface area contributed by atoms with Crippen LogP contribution in [0.5, 0.6) is 0 Å². The molecule has 144 valence electrons. The van der Waals surface area contributed by atoms with E-state index in [9.17, 15) is 23.1 Å². The molecule has 2 atom stereocenters. The van der Waals surface area contributed by atoms with Gasteiger partial charge in [0.15, 0.2) is 5.52 Å². The van der Waals surface area contributed by atoms with Crippen molar-refractivity contribution in [1.82, 2.24) is 19.7 Å². The zero-order chi connectivity index (χ0) is 19.9. The Labute approximate surface area is 152 Å². The molecule has 0 saturated heterocycles. The maximum Gasteiger partial charge on any atom is 0.416 e. The summed E-state index contributed by atoms with van der Waals surface area (Å²) in [6.07, 6.45) is -4.40.